The van der Waals surface area contributed by atoms with Crippen LogP contribution in [0.2, 0.25) is 0 Å². The van der Waals surface area contributed by atoms with E-state index in [1.807, 2.05) is 54.7 Å². The van der Waals surface area contributed by atoms with Gasteiger partial charge in [0, 0.05) is 17.0 Å². The molecule has 7 rings (SSSR count). The Kier molecular flexibility index (Phi) is 15.7. The predicted molar refractivity (Wildman–Crippen MR) is 230 cm³/mol. The number of carbonyl (C=O) groups is 1. The lowest BCUT2D eigenvalue weighted by atomic mass is 9.12. The first-order valence-corrected chi connectivity index (χ1v) is 21.3. The number of hydrogen-bond donors (Lipinski definition) is 0. The van der Waals surface area contributed by atoms with Gasteiger partial charge in [0.25, 0.3) is 5.69 Å². The molecule has 78 heavy (non-hydrogen) atoms. The maximum absolute atomic E-state index is 14.2. The Balaban J connectivity index is 0.000000387. The fourth-order valence-electron chi connectivity index (χ4n) is 8.40. The number of halogens is 24. The Hall–Kier alpha value is -7.73. The number of nitrogens with zero attached hydrogens (tertiary/aromatic N) is 2. The van der Waals surface area contributed by atoms with Crippen molar-refractivity contribution < 1.29 is 115 Å². The zero-order valence-electron chi connectivity index (χ0n) is 37.9. The van der Waals surface area contributed by atoms with Gasteiger partial charge in [-0.1, -0.05) is 97.1 Å². The van der Waals surface area contributed by atoms with Crippen molar-refractivity contribution in [2.45, 2.75) is 56.0 Å². The third-order valence-electron chi connectivity index (χ3n) is 11.9. The molecule has 0 unspecified atom stereocenters. The van der Waals surface area contributed by atoms with Crippen LogP contribution >= 0.6 is 0 Å². The van der Waals surface area contributed by atoms with Crippen LogP contribution in [0.25, 0.3) is 10.8 Å². The summed E-state index contributed by atoms with van der Waals surface area (Å²) in [5.41, 5.74) is -29.1. The third-order valence-corrected chi connectivity index (χ3v) is 11.9. The number of pyridine rings is 1. The molecule has 0 aliphatic heterocycles. The number of rotatable bonds is 7. The number of ketones is 1. The van der Waals surface area contributed by atoms with E-state index in [9.17, 15) is 115 Å². The van der Waals surface area contributed by atoms with Crippen molar-refractivity contribution in [2.75, 3.05) is 0 Å². The topological polar surface area (TPSA) is 44.7 Å². The van der Waals surface area contributed by atoms with Gasteiger partial charge >= 0.3 is 49.4 Å². The van der Waals surface area contributed by atoms with Gasteiger partial charge < -0.3 is 0 Å². The van der Waals surface area contributed by atoms with Gasteiger partial charge in [-0.25, -0.2) is 0 Å². The van der Waals surface area contributed by atoms with Gasteiger partial charge in [0.15, 0.2) is 12.3 Å². The number of alkyl halides is 24. The van der Waals surface area contributed by atoms with Crippen molar-refractivity contribution in [1.29, 1.82) is 5.26 Å². The Labute approximate surface area is 421 Å². The van der Waals surface area contributed by atoms with Crippen LogP contribution in [0, 0.1) is 11.3 Å². The van der Waals surface area contributed by atoms with Gasteiger partial charge in [-0.15, -0.1) is 0 Å². The molecule has 0 saturated carbocycles. The summed E-state index contributed by atoms with van der Waals surface area (Å²) in [6.07, 6.45) is -53.0. The molecule has 3 nitrogen and oxygen atoms in total. The molecule has 412 valence electrons. The van der Waals surface area contributed by atoms with Gasteiger partial charge in [0.05, 0.1) is 44.5 Å². The molecule has 6 aromatic carbocycles. The predicted octanol–water partition coefficient (Wildman–Crippen LogP) is 14.1. The van der Waals surface area contributed by atoms with Crippen LogP contribution in [-0.2, 0) is 56.0 Å². The minimum Gasteiger partial charge on any atom is -0.287 e. The minimum atomic E-state index is -6.13. The Bertz CT molecular complexity index is 2970. The van der Waals surface area contributed by atoms with E-state index in [2.05, 4.69) is 6.07 Å². The lowest BCUT2D eigenvalue weighted by Crippen LogP contribution is -2.75. The fourth-order valence-corrected chi connectivity index (χ4v) is 8.40. The molecule has 28 heteroatoms. The lowest BCUT2D eigenvalue weighted by Gasteiger charge is -2.46. The third kappa shape index (κ3) is 13.2. The van der Waals surface area contributed by atoms with Crippen LogP contribution < -0.4 is 26.4 Å². The summed E-state index contributed by atoms with van der Waals surface area (Å²) in [6, 6.07) is 12.1. The molecule has 1 heterocycles. The van der Waals surface area contributed by atoms with Crippen LogP contribution in [-0.4, -0.2) is 11.9 Å². The van der Waals surface area contributed by atoms with E-state index in [-0.39, 0.29) is 12.3 Å². The summed E-state index contributed by atoms with van der Waals surface area (Å²) in [5, 5.41) is 11.3. The SMILES string of the molecule is FC(F)(F)c1cc([B-](c2cc(C(F)(F)F)cc(C(F)(F)F)c2)(c2cc(C(F)(F)F)cc(C(F)(F)F)c2)c2cc(C(F)(F)F)cc(C(F)(F)F)c2)cc(C(F)(F)F)c1.N#Cc1cc2ccccc2c[n+]1CC(=O)c1ccccc1. The van der Waals surface area contributed by atoms with Crippen LogP contribution in [0.1, 0.15) is 60.6 Å². The molecule has 0 aliphatic carbocycles. The first-order valence-electron chi connectivity index (χ1n) is 21.3. The van der Waals surface area contributed by atoms with Gasteiger partial charge in [0.2, 0.25) is 12.3 Å². The van der Waals surface area contributed by atoms with Gasteiger partial charge in [-0.3, -0.25) is 4.79 Å². The summed E-state index contributed by atoms with van der Waals surface area (Å²) in [5.74, 6) is -0.00705. The van der Waals surface area contributed by atoms with Crippen LogP contribution in [0.5, 0.6) is 0 Å². The highest BCUT2D eigenvalue weighted by atomic mass is 19.4. The summed E-state index contributed by atoms with van der Waals surface area (Å²) >= 11 is 0. The Morgan fingerprint density at radius 3 is 0.885 bits per heavy atom. The standard InChI is InChI=1S/C32H12BF24.C18H13N2O/c34-25(35,36)13-1-14(26(37,38)39)6-21(5-13)33(22-7-15(27(40,41)42)2-16(8-22)28(43,44)45,23-9-17(29(46,47)48)3-18(10-23)30(49,50)51)24-11-19(31(52,53)54)4-20(12-24)32(55,56)57;19-11-17-10-15-8-4-5-9-16(15)12-20(17)13-18(21)14-6-2-1-3-7-14/h1-12H;1-10,12H,13H2/q-1;+1. The summed E-state index contributed by atoms with van der Waals surface area (Å²) < 4.78 is 343. The number of Topliss-reactive ketones (excluding diaryl/α,β-unsaturated/α-hetero) is 1. The van der Waals surface area contributed by atoms with Crippen molar-refractivity contribution >= 4 is 44.6 Å². The molecular weight excluding hydrogens is 1110 g/mol. The van der Waals surface area contributed by atoms with Crippen LogP contribution in [0.15, 0.2) is 140 Å². The quantitative estimate of drug-likeness (QED) is 0.0691. The number of carbonyl (C=O) groups excluding carboxylic acids is 1. The molecule has 0 fully saturated rings. The molecular formula is C50H25BF24N2O. The summed E-state index contributed by atoms with van der Waals surface area (Å²) in [6.45, 7) is 0.164. The van der Waals surface area contributed by atoms with Crippen LogP contribution in [0.4, 0.5) is 105 Å². The molecule has 0 saturated heterocycles. The molecule has 0 radical (unpaired) electrons. The van der Waals surface area contributed by atoms with Crippen molar-refractivity contribution in [2.24, 2.45) is 0 Å². The first kappa shape index (κ1) is 59.5. The van der Waals surface area contributed by atoms with E-state index < -0.39 is 195 Å². The average Bonchev–Trinajstić information content (AvgIpc) is 3.36. The maximum Gasteiger partial charge on any atom is 0.416 e. The monoisotopic (exact) mass is 1140 g/mol. The molecule has 0 N–H and O–H groups in total. The highest BCUT2D eigenvalue weighted by molar-refractivity contribution is 7.20. The second-order valence-corrected chi connectivity index (χ2v) is 17.0. The smallest absolute Gasteiger partial charge is 0.287 e. The Morgan fingerprint density at radius 1 is 0.372 bits per heavy atom. The molecule has 7 aromatic rings. The molecule has 0 amide bonds. The zero-order chi connectivity index (χ0) is 58.6. The molecule has 1 aromatic heterocycles. The van der Waals surface area contributed by atoms with E-state index in [4.69, 9.17) is 0 Å². The highest BCUT2D eigenvalue weighted by Gasteiger charge is 2.47. The minimum absolute atomic E-state index is 0.00705. The Morgan fingerprint density at radius 2 is 0.628 bits per heavy atom. The van der Waals surface area contributed by atoms with Crippen molar-refractivity contribution in [1.82, 2.24) is 0 Å². The second kappa shape index (κ2) is 20.6. The van der Waals surface area contributed by atoms with E-state index >= 15 is 0 Å². The van der Waals surface area contributed by atoms with Crippen LogP contribution in [0.3, 0.4) is 0 Å². The van der Waals surface area contributed by atoms with Crippen molar-refractivity contribution in [3.05, 3.63) is 195 Å². The fraction of sp³-hybridized carbons (Fsp3) is 0.180. The number of fused-ring (bicyclic) bond motifs is 1. The molecule has 0 bridgehead atoms. The molecule has 0 aliphatic rings. The highest BCUT2D eigenvalue weighted by Crippen LogP contribution is 2.41. The summed E-state index contributed by atoms with van der Waals surface area (Å²) in [4.78, 5) is 12.3. The molecule has 0 atom stereocenters. The van der Waals surface area contributed by atoms with E-state index in [0.29, 0.717) is 11.3 Å². The zero-order valence-corrected chi connectivity index (χ0v) is 37.9. The lowest BCUT2D eigenvalue weighted by molar-refractivity contribution is -0.684. The second-order valence-electron chi connectivity index (χ2n) is 17.0. The van der Waals surface area contributed by atoms with Gasteiger partial charge in [0.1, 0.15) is 6.15 Å². The molecule has 0 spiro atoms. The van der Waals surface area contributed by atoms with Gasteiger partial charge in [-0.05, 0) is 35.7 Å². The van der Waals surface area contributed by atoms with E-state index in [1.165, 1.54) is 0 Å². The van der Waals surface area contributed by atoms with Crippen molar-refractivity contribution in [3.8, 4) is 6.07 Å². The largest absolute Gasteiger partial charge is 0.416 e. The maximum atomic E-state index is 14.2. The summed E-state index contributed by atoms with van der Waals surface area (Å²) in [7, 11) is 0. The van der Waals surface area contributed by atoms with E-state index in [1.54, 1.807) is 16.7 Å². The first-order chi connectivity index (χ1) is 35.5. The number of nitriles is 1. The van der Waals surface area contributed by atoms with Crippen molar-refractivity contribution in [3.63, 3.8) is 0 Å². The normalized spacial score (nSPS) is 13.2. The average molecular weight is 1140 g/mol. The van der Waals surface area contributed by atoms with E-state index in [0.717, 1.165) is 10.8 Å². The van der Waals surface area contributed by atoms with Gasteiger partial charge in [-0.2, -0.15) is 137 Å². The number of benzene rings is 6. The number of aromatic nitrogens is 1. The number of hydrogen-bond acceptors (Lipinski definition) is 2.